The van der Waals surface area contributed by atoms with Gasteiger partial charge in [0.2, 0.25) is 0 Å². The number of hydrogen-bond donors (Lipinski definition) is 1. The summed E-state index contributed by atoms with van der Waals surface area (Å²) >= 11 is 2.17. The van der Waals surface area contributed by atoms with Crippen molar-refractivity contribution in [2.24, 2.45) is 17.3 Å². The smallest absolute Gasteiger partial charge is 0.0101 e. The highest BCUT2D eigenvalue weighted by Crippen LogP contribution is 2.36. The van der Waals surface area contributed by atoms with Crippen LogP contribution in [-0.2, 0) is 0 Å². The van der Waals surface area contributed by atoms with Crippen LogP contribution in [0.2, 0.25) is 0 Å². The van der Waals surface area contributed by atoms with Crippen LogP contribution >= 0.6 is 11.8 Å². The summed E-state index contributed by atoms with van der Waals surface area (Å²) in [5.74, 6) is 3.09. The third-order valence-corrected chi connectivity index (χ3v) is 5.56. The molecule has 2 heteroatoms. The maximum atomic E-state index is 3.59. The minimum Gasteiger partial charge on any atom is -0.316 e. The van der Waals surface area contributed by atoms with Gasteiger partial charge in [0.1, 0.15) is 0 Å². The van der Waals surface area contributed by atoms with Gasteiger partial charge in [-0.2, -0.15) is 11.8 Å². The molecule has 0 spiro atoms. The molecule has 2 unspecified atom stereocenters. The summed E-state index contributed by atoms with van der Waals surface area (Å²) in [6.45, 7) is 16.6. The Hall–Kier alpha value is 0.310. The van der Waals surface area contributed by atoms with Crippen LogP contribution < -0.4 is 5.32 Å². The molecular weight excluding hydrogens is 226 g/mol. The fraction of sp³-hybridized carbons (Fsp3) is 1.00. The molecule has 17 heavy (non-hydrogen) atoms. The monoisotopic (exact) mass is 257 g/mol. The van der Waals surface area contributed by atoms with Crippen LogP contribution in [0.25, 0.3) is 0 Å². The van der Waals surface area contributed by atoms with Crippen LogP contribution in [0.15, 0.2) is 0 Å². The largest absolute Gasteiger partial charge is 0.316 e. The second-order valence-electron chi connectivity index (χ2n) is 7.37. The van der Waals surface area contributed by atoms with Crippen LogP contribution in [0, 0.1) is 17.3 Å². The number of nitrogens with one attached hydrogen (secondary N) is 1. The van der Waals surface area contributed by atoms with E-state index in [1.807, 2.05) is 0 Å². The Labute approximate surface area is 113 Å². The van der Waals surface area contributed by atoms with Crippen molar-refractivity contribution < 1.29 is 0 Å². The van der Waals surface area contributed by atoms with Crippen molar-refractivity contribution in [2.45, 2.75) is 59.1 Å². The molecule has 0 aliphatic carbocycles. The van der Waals surface area contributed by atoms with Crippen molar-refractivity contribution in [2.75, 3.05) is 18.8 Å². The first-order chi connectivity index (χ1) is 7.73. The zero-order valence-electron chi connectivity index (χ0n) is 12.6. The molecule has 2 atom stereocenters. The lowest BCUT2D eigenvalue weighted by Gasteiger charge is -2.29. The van der Waals surface area contributed by atoms with Gasteiger partial charge in [-0.25, -0.2) is 0 Å². The summed E-state index contributed by atoms with van der Waals surface area (Å²) in [7, 11) is 0. The number of hydrogen-bond acceptors (Lipinski definition) is 2. The SMILES string of the molecule is CCC(C)(C)SCC1CNCC1CC(C)(C)C. The van der Waals surface area contributed by atoms with E-state index in [9.17, 15) is 0 Å². The van der Waals surface area contributed by atoms with E-state index < -0.39 is 0 Å². The van der Waals surface area contributed by atoms with Crippen molar-refractivity contribution in [3.05, 3.63) is 0 Å². The highest BCUT2D eigenvalue weighted by Gasteiger charge is 2.31. The van der Waals surface area contributed by atoms with E-state index in [4.69, 9.17) is 0 Å². The zero-order chi connectivity index (χ0) is 13.1. The average Bonchev–Trinajstić information content (AvgIpc) is 2.60. The van der Waals surface area contributed by atoms with E-state index in [-0.39, 0.29) is 0 Å². The fourth-order valence-corrected chi connectivity index (χ4v) is 3.70. The van der Waals surface area contributed by atoms with Crippen LogP contribution in [-0.4, -0.2) is 23.6 Å². The van der Waals surface area contributed by atoms with E-state index in [0.29, 0.717) is 10.2 Å². The molecule has 0 amide bonds. The topological polar surface area (TPSA) is 12.0 Å². The molecule has 0 aromatic rings. The number of rotatable bonds is 5. The zero-order valence-corrected chi connectivity index (χ0v) is 13.4. The van der Waals surface area contributed by atoms with Crippen molar-refractivity contribution in [1.82, 2.24) is 5.32 Å². The average molecular weight is 257 g/mol. The third kappa shape index (κ3) is 5.65. The standard InChI is InChI=1S/C15H31NS/c1-7-15(5,6)17-11-13-10-16-9-12(13)8-14(2,3)4/h12-13,16H,7-11H2,1-6H3. The Balaban J connectivity index is 2.42. The molecule has 1 N–H and O–H groups in total. The van der Waals surface area contributed by atoms with Crippen LogP contribution in [0.4, 0.5) is 0 Å². The first-order valence-electron chi connectivity index (χ1n) is 7.08. The second-order valence-corrected chi connectivity index (χ2v) is 9.09. The Morgan fingerprint density at radius 3 is 2.18 bits per heavy atom. The summed E-state index contributed by atoms with van der Waals surface area (Å²) in [4.78, 5) is 0. The molecule has 0 saturated carbocycles. The first-order valence-corrected chi connectivity index (χ1v) is 8.07. The van der Waals surface area contributed by atoms with E-state index in [1.165, 1.54) is 31.7 Å². The van der Waals surface area contributed by atoms with E-state index in [0.717, 1.165) is 11.8 Å². The minimum absolute atomic E-state index is 0.453. The molecule has 0 bridgehead atoms. The van der Waals surface area contributed by atoms with Gasteiger partial charge in [-0.05, 0) is 48.9 Å². The van der Waals surface area contributed by atoms with Gasteiger partial charge in [0.05, 0.1) is 0 Å². The molecule has 1 saturated heterocycles. The summed E-state index contributed by atoms with van der Waals surface area (Å²) < 4.78 is 0.453. The maximum absolute atomic E-state index is 3.59. The Morgan fingerprint density at radius 1 is 1.06 bits per heavy atom. The van der Waals surface area contributed by atoms with Gasteiger partial charge in [-0.15, -0.1) is 0 Å². The van der Waals surface area contributed by atoms with E-state index in [1.54, 1.807) is 0 Å². The lowest BCUT2D eigenvalue weighted by atomic mass is 9.81. The normalized spacial score (nSPS) is 26.5. The molecule has 1 rings (SSSR count). The van der Waals surface area contributed by atoms with Crippen LogP contribution in [0.5, 0.6) is 0 Å². The molecule has 102 valence electrons. The van der Waals surface area contributed by atoms with Gasteiger partial charge >= 0.3 is 0 Å². The van der Waals surface area contributed by atoms with E-state index >= 15 is 0 Å². The van der Waals surface area contributed by atoms with Crippen LogP contribution in [0.3, 0.4) is 0 Å². The Morgan fingerprint density at radius 2 is 1.65 bits per heavy atom. The predicted molar refractivity (Wildman–Crippen MR) is 80.7 cm³/mol. The summed E-state index contributed by atoms with van der Waals surface area (Å²) in [5.41, 5.74) is 0.472. The summed E-state index contributed by atoms with van der Waals surface area (Å²) in [5, 5.41) is 3.59. The van der Waals surface area contributed by atoms with E-state index in [2.05, 4.69) is 58.6 Å². The minimum atomic E-state index is 0.453. The van der Waals surface area contributed by atoms with Gasteiger partial charge < -0.3 is 5.32 Å². The van der Waals surface area contributed by atoms with Crippen molar-refractivity contribution >= 4 is 11.8 Å². The lowest BCUT2D eigenvalue weighted by molar-refractivity contribution is 0.273. The molecule has 0 aromatic carbocycles. The molecule has 1 heterocycles. The van der Waals surface area contributed by atoms with Gasteiger partial charge in [0.25, 0.3) is 0 Å². The second kappa shape index (κ2) is 5.97. The first kappa shape index (κ1) is 15.4. The van der Waals surface area contributed by atoms with Gasteiger partial charge in [-0.3, -0.25) is 0 Å². The maximum Gasteiger partial charge on any atom is 0.0101 e. The quantitative estimate of drug-likeness (QED) is 0.793. The van der Waals surface area contributed by atoms with Gasteiger partial charge in [-0.1, -0.05) is 41.5 Å². The van der Waals surface area contributed by atoms with Crippen LogP contribution in [0.1, 0.15) is 54.4 Å². The fourth-order valence-electron chi connectivity index (χ4n) is 2.44. The lowest BCUT2D eigenvalue weighted by Crippen LogP contribution is -2.24. The molecule has 0 radical (unpaired) electrons. The third-order valence-electron chi connectivity index (χ3n) is 3.89. The summed E-state index contributed by atoms with van der Waals surface area (Å²) in [6.07, 6.45) is 2.62. The molecule has 1 aliphatic rings. The Bertz CT molecular complexity index is 230. The molecule has 0 aromatic heterocycles. The van der Waals surface area contributed by atoms with Crippen molar-refractivity contribution in [3.63, 3.8) is 0 Å². The highest BCUT2D eigenvalue weighted by molar-refractivity contribution is 8.00. The predicted octanol–water partition coefficient (Wildman–Crippen LogP) is 4.18. The highest BCUT2D eigenvalue weighted by atomic mass is 32.2. The van der Waals surface area contributed by atoms with Gasteiger partial charge in [0, 0.05) is 4.75 Å². The molecule has 1 aliphatic heterocycles. The molecule has 1 nitrogen and oxygen atoms in total. The molecule has 1 fully saturated rings. The summed E-state index contributed by atoms with van der Waals surface area (Å²) in [6, 6.07) is 0. The van der Waals surface area contributed by atoms with Gasteiger partial charge in [0.15, 0.2) is 0 Å². The van der Waals surface area contributed by atoms with Crippen molar-refractivity contribution in [1.29, 1.82) is 0 Å². The van der Waals surface area contributed by atoms with Crippen molar-refractivity contribution in [3.8, 4) is 0 Å². The number of thioether (sulfide) groups is 1. The molecular formula is C15H31NS. The Kier molecular flexibility index (Phi) is 5.39.